The van der Waals surface area contributed by atoms with E-state index in [4.69, 9.17) is 9.73 Å². The highest BCUT2D eigenvalue weighted by Gasteiger charge is 2.45. The molecule has 3 fully saturated rings. The molecule has 136 valence electrons. The second-order valence-electron chi connectivity index (χ2n) is 7.93. The molecule has 2 aliphatic heterocycles. The highest BCUT2D eigenvalue weighted by atomic mass is 79.9. The number of halogens is 1. The summed E-state index contributed by atoms with van der Waals surface area (Å²) in [6.07, 6.45) is 4.91. The SMILES string of the molecule is CCNC(=NCC1(c2cccc(Br)c2)CC1)N1CCC2(CCOC2)C1. The van der Waals surface area contributed by atoms with Gasteiger partial charge in [-0.3, -0.25) is 4.99 Å². The average Bonchev–Trinajstić information content (AvgIpc) is 3.08. The summed E-state index contributed by atoms with van der Waals surface area (Å²) < 4.78 is 6.83. The van der Waals surface area contributed by atoms with E-state index in [2.05, 4.69) is 57.3 Å². The fourth-order valence-corrected chi connectivity index (χ4v) is 4.65. The highest BCUT2D eigenvalue weighted by molar-refractivity contribution is 9.10. The lowest BCUT2D eigenvalue weighted by molar-refractivity contribution is 0.156. The fraction of sp³-hybridized carbons (Fsp3) is 0.650. The molecule has 4 nitrogen and oxygen atoms in total. The van der Waals surface area contributed by atoms with Crippen LogP contribution in [0.15, 0.2) is 33.7 Å². The molecular formula is C20H28BrN3O. The van der Waals surface area contributed by atoms with Gasteiger partial charge in [0.1, 0.15) is 0 Å². The van der Waals surface area contributed by atoms with E-state index in [1.807, 2.05) is 0 Å². The molecule has 5 heteroatoms. The molecule has 0 radical (unpaired) electrons. The molecule has 2 heterocycles. The Hall–Kier alpha value is -1.07. The fourth-order valence-electron chi connectivity index (χ4n) is 4.25. The summed E-state index contributed by atoms with van der Waals surface area (Å²) in [5.41, 5.74) is 2.04. The van der Waals surface area contributed by atoms with E-state index in [0.717, 1.165) is 49.8 Å². The Kier molecular flexibility index (Phi) is 4.80. The lowest BCUT2D eigenvalue weighted by atomic mass is 9.87. The second-order valence-corrected chi connectivity index (χ2v) is 8.85. The molecule has 1 N–H and O–H groups in total. The van der Waals surface area contributed by atoms with Gasteiger partial charge in [0.05, 0.1) is 13.2 Å². The van der Waals surface area contributed by atoms with Crippen LogP contribution in [0, 0.1) is 5.41 Å². The number of nitrogens with one attached hydrogen (secondary N) is 1. The van der Waals surface area contributed by atoms with Gasteiger partial charge in [-0.1, -0.05) is 28.1 Å². The Labute approximate surface area is 159 Å². The summed E-state index contributed by atoms with van der Waals surface area (Å²) in [7, 11) is 0. The Balaban J connectivity index is 1.48. The molecule has 0 aromatic heterocycles. The van der Waals surface area contributed by atoms with Crippen LogP contribution in [0.5, 0.6) is 0 Å². The molecule has 0 amide bonds. The molecule has 1 spiro atoms. The maximum absolute atomic E-state index is 5.67. The first-order chi connectivity index (χ1) is 12.1. The van der Waals surface area contributed by atoms with Gasteiger partial charge < -0.3 is 15.0 Å². The summed E-state index contributed by atoms with van der Waals surface area (Å²) in [6, 6.07) is 8.75. The van der Waals surface area contributed by atoms with E-state index in [1.54, 1.807) is 0 Å². The van der Waals surface area contributed by atoms with Gasteiger partial charge in [0, 0.05) is 41.5 Å². The van der Waals surface area contributed by atoms with Gasteiger partial charge >= 0.3 is 0 Å². The minimum Gasteiger partial charge on any atom is -0.381 e. The number of hydrogen-bond donors (Lipinski definition) is 1. The van der Waals surface area contributed by atoms with E-state index in [9.17, 15) is 0 Å². The number of ether oxygens (including phenoxy) is 1. The molecular weight excluding hydrogens is 378 g/mol. The molecule has 1 saturated carbocycles. The van der Waals surface area contributed by atoms with Crippen molar-refractivity contribution in [1.29, 1.82) is 0 Å². The smallest absolute Gasteiger partial charge is 0.193 e. The summed E-state index contributed by atoms with van der Waals surface area (Å²) in [6.45, 7) is 7.98. The lowest BCUT2D eigenvalue weighted by Gasteiger charge is -2.25. The van der Waals surface area contributed by atoms with Crippen molar-refractivity contribution >= 4 is 21.9 Å². The number of guanidine groups is 1. The van der Waals surface area contributed by atoms with Gasteiger partial charge in [0.15, 0.2) is 5.96 Å². The van der Waals surface area contributed by atoms with Crippen molar-refractivity contribution in [1.82, 2.24) is 10.2 Å². The standard InChI is InChI=1S/C20H28BrN3O/c1-2-22-18(24-10-8-19(14-24)9-11-25-15-19)23-13-20(6-7-20)16-4-3-5-17(21)12-16/h3-5,12H,2,6-11,13-15H2,1H3,(H,22,23). The Morgan fingerprint density at radius 1 is 1.32 bits per heavy atom. The van der Waals surface area contributed by atoms with Gasteiger partial charge in [-0.2, -0.15) is 0 Å². The van der Waals surface area contributed by atoms with Crippen molar-refractivity contribution in [3.05, 3.63) is 34.3 Å². The molecule has 25 heavy (non-hydrogen) atoms. The van der Waals surface area contributed by atoms with Crippen molar-refractivity contribution < 1.29 is 4.74 Å². The predicted molar refractivity (Wildman–Crippen MR) is 105 cm³/mol. The molecule has 0 bridgehead atoms. The minimum absolute atomic E-state index is 0.248. The summed E-state index contributed by atoms with van der Waals surface area (Å²) in [5.74, 6) is 1.09. The average molecular weight is 406 g/mol. The van der Waals surface area contributed by atoms with Crippen LogP contribution in [0.4, 0.5) is 0 Å². The maximum atomic E-state index is 5.67. The summed E-state index contributed by atoms with van der Waals surface area (Å²) in [4.78, 5) is 7.52. The number of likely N-dealkylation sites (tertiary alicyclic amines) is 1. The summed E-state index contributed by atoms with van der Waals surface area (Å²) >= 11 is 3.61. The van der Waals surface area contributed by atoms with Crippen molar-refractivity contribution in [2.24, 2.45) is 10.4 Å². The van der Waals surface area contributed by atoms with Crippen LogP contribution in [0.3, 0.4) is 0 Å². The van der Waals surface area contributed by atoms with Crippen molar-refractivity contribution in [3.63, 3.8) is 0 Å². The molecule has 3 aliphatic rings. The van der Waals surface area contributed by atoms with Crippen molar-refractivity contribution in [2.75, 3.05) is 39.4 Å². The number of nitrogens with zero attached hydrogens (tertiary/aromatic N) is 2. The zero-order valence-electron chi connectivity index (χ0n) is 15.1. The third kappa shape index (κ3) is 3.59. The molecule has 1 aromatic rings. The van der Waals surface area contributed by atoms with Crippen LogP contribution in [0.1, 0.15) is 38.2 Å². The number of benzene rings is 1. The predicted octanol–water partition coefficient (Wildman–Crippen LogP) is 3.56. The molecule has 2 saturated heterocycles. The first kappa shape index (κ1) is 17.3. The minimum atomic E-state index is 0.248. The van der Waals surface area contributed by atoms with E-state index >= 15 is 0 Å². The quantitative estimate of drug-likeness (QED) is 0.614. The molecule has 1 aromatic carbocycles. The van der Waals surface area contributed by atoms with Crippen LogP contribution in [0.2, 0.25) is 0 Å². The number of aliphatic imine (C=N–C) groups is 1. The number of hydrogen-bond acceptors (Lipinski definition) is 2. The molecule has 1 unspecified atom stereocenters. The second kappa shape index (κ2) is 6.92. The monoisotopic (exact) mass is 405 g/mol. The summed E-state index contributed by atoms with van der Waals surface area (Å²) in [5, 5.41) is 3.52. The van der Waals surface area contributed by atoms with Gasteiger partial charge in [-0.05, 0) is 50.3 Å². The van der Waals surface area contributed by atoms with Crippen LogP contribution in [-0.4, -0.2) is 50.3 Å². The highest BCUT2D eigenvalue weighted by Crippen LogP contribution is 2.49. The normalized spacial score (nSPS) is 27.9. The number of rotatable bonds is 4. The van der Waals surface area contributed by atoms with Gasteiger partial charge in [0.2, 0.25) is 0 Å². The van der Waals surface area contributed by atoms with Gasteiger partial charge in [-0.25, -0.2) is 0 Å². The van der Waals surface area contributed by atoms with E-state index in [1.165, 1.54) is 31.2 Å². The van der Waals surface area contributed by atoms with E-state index < -0.39 is 0 Å². The molecule has 1 aliphatic carbocycles. The first-order valence-electron chi connectivity index (χ1n) is 9.52. The largest absolute Gasteiger partial charge is 0.381 e. The van der Waals surface area contributed by atoms with Crippen molar-refractivity contribution in [2.45, 2.75) is 38.0 Å². The van der Waals surface area contributed by atoms with Gasteiger partial charge in [0.25, 0.3) is 0 Å². The Morgan fingerprint density at radius 2 is 2.20 bits per heavy atom. The first-order valence-corrected chi connectivity index (χ1v) is 10.3. The van der Waals surface area contributed by atoms with E-state index in [0.29, 0.717) is 5.41 Å². The third-order valence-corrected chi connectivity index (χ3v) is 6.57. The Bertz CT molecular complexity index is 650. The van der Waals surface area contributed by atoms with Crippen LogP contribution >= 0.6 is 15.9 Å². The van der Waals surface area contributed by atoms with E-state index in [-0.39, 0.29) is 5.41 Å². The van der Waals surface area contributed by atoms with Crippen LogP contribution in [0.25, 0.3) is 0 Å². The molecule has 4 rings (SSSR count). The third-order valence-electron chi connectivity index (χ3n) is 6.08. The van der Waals surface area contributed by atoms with Crippen LogP contribution in [-0.2, 0) is 10.2 Å². The lowest BCUT2D eigenvalue weighted by Crippen LogP contribution is -2.42. The topological polar surface area (TPSA) is 36.9 Å². The van der Waals surface area contributed by atoms with Gasteiger partial charge in [-0.15, -0.1) is 0 Å². The zero-order chi connectivity index (χ0) is 17.3. The maximum Gasteiger partial charge on any atom is 0.193 e. The Morgan fingerprint density at radius 3 is 2.88 bits per heavy atom. The van der Waals surface area contributed by atoms with Crippen LogP contribution < -0.4 is 5.32 Å². The molecule has 1 atom stereocenters. The van der Waals surface area contributed by atoms with Crippen molar-refractivity contribution in [3.8, 4) is 0 Å². The zero-order valence-corrected chi connectivity index (χ0v) is 16.6.